The van der Waals surface area contributed by atoms with E-state index in [1.54, 1.807) is 0 Å². The average Bonchev–Trinajstić information content (AvgIpc) is 2.37. The minimum absolute atomic E-state index is 0.0976. The zero-order valence-corrected chi connectivity index (χ0v) is 13.2. The van der Waals surface area contributed by atoms with Crippen molar-refractivity contribution in [2.75, 3.05) is 0 Å². The van der Waals surface area contributed by atoms with Gasteiger partial charge in [0.15, 0.2) is 0 Å². The number of Topliss-reactive ketones (excluding diaryl/α,β-unsaturated/α-hetero) is 1. The van der Waals surface area contributed by atoms with Crippen molar-refractivity contribution in [1.29, 1.82) is 0 Å². The molecule has 116 valence electrons. The topological polar surface area (TPSA) is 46.5 Å². The standard InChI is InChI=1S/C17H30O3/c1-17(2,3)20-13-9-10-14(15(18)11-13)16(19)12-7-5-4-6-8-12/h12-15,18H,4-11H2,1-3H3. The van der Waals surface area contributed by atoms with E-state index in [2.05, 4.69) is 0 Å². The third-order valence-electron chi connectivity index (χ3n) is 4.66. The number of ether oxygens (including phenoxy) is 1. The molecule has 2 rings (SSSR count). The quantitative estimate of drug-likeness (QED) is 0.862. The van der Waals surface area contributed by atoms with Crippen LogP contribution in [-0.4, -0.2) is 28.7 Å². The Morgan fingerprint density at radius 1 is 1.05 bits per heavy atom. The van der Waals surface area contributed by atoms with Gasteiger partial charge in [0.05, 0.1) is 17.8 Å². The summed E-state index contributed by atoms with van der Waals surface area (Å²) < 4.78 is 5.95. The number of aliphatic hydroxyl groups is 1. The Morgan fingerprint density at radius 2 is 1.70 bits per heavy atom. The van der Waals surface area contributed by atoms with Gasteiger partial charge in [0, 0.05) is 18.3 Å². The maximum atomic E-state index is 12.6. The van der Waals surface area contributed by atoms with E-state index in [4.69, 9.17) is 4.74 Å². The Balaban J connectivity index is 1.87. The van der Waals surface area contributed by atoms with Gasteiger partial charge in [0.1, 0.15) is 5.78 Å². The summed E-state index contributed by atoms with van der Waals surface area (Å²) in [6, 6.07) is 0. The molecule has 1 N–H and O–H groups in total. The summed E-state index contributed by atoms with van der Waals surface area (Å²) in [5.74, 6) is 0.396. The molecule has 2 aliphatic carbocycles. The van der Waals surface area contributed by atoms with Crippen molar-refractivity contribution in [3.63, 3.8) is 0 Å². The third-order valence-corrected chi connectivity index (χ3v) is 4.66. The monoisotopic (exact) mass is 282 g/mol. The van der Waals surface area contributed by atoms with E-state index in [9.17, 15) is 9.90 Å². The van der Waals surface area contributed by atoms with Crippen molar-refractivity contribution in [2.24, 2.45) is 11.8 Å². The summed E-state index contributed by atoms with van der Waals surface area (Å²) in [6.45, 7) is 6.12. The average molecular weight is 282 g/mol. The SMILES string of the molecule is CC(C)(C)OC1CCC(C(=O)C2CCCCC2)C(O)C1. The first kappa shape index (κ1) is 16.0. The second-order valence-electron chi connectivity index (χ2n) is 7.58. The van der Waals surface area contributed by atoms with Crippen LogP contribution in [0, 0.1) is 11.8 Å². The van der Waals surface area contributed by atoms with Gasteiger partial charge < -0.3 is 9.84 Å². The maximum Gasteiger partial charge on any atom is 0.141 e. The van der Waals surface area contributed by atoms with E-state index >= 15 is 0 Å². The minimum atomic E-state index is -0.509. The summed E-state index contributed by atoms with van der Waals surface area (Å²) in [4.78, 5) is 12.6. The maximum absolute atomic E-state index is 12.6. The normalized spacial score (nSPS) is 33.1. The summed E-state index contributed by atoms with van der Waals surface area (Å²) in [5, 5.41) is 10.3. The number of rotatable bonds is 3. The Kier molecular flexibility index (Phi) is 5.25. The first-order chi connectivity index (χ1) is 9.37. The Labute approximate surface area is 123 Å². The van der Waals surface area contributed by atoms with Crippen LogP contribution in [0.3, 0.4) is 0 Å². The van der Waals surface area contributed by atoms with Gasteiger partial charge in [-0.1, -0.05) is 19.3 Å². The molecule has 0 aliphatic heterocycles. The molecule has 0 radical (unpaired) electrons. The first-order valence-corrected chi connectivity index (χ1v) is 8.26. The zero-order chi connectivity index (χ0) is 14.8. The molecule has 2 saturated carbocycles. The van der Waals surface area contributed by atoms with Gasteiger partial charge in [-0.2, -0.15) is 0 Å². The molecule has 3 unspecified atom stereocenters. The van der Waals surface area contributed by atoms with E-state index in [0.717, 1.165) is 25.7 Å². The molecular weight excluding hydrogens is 252 g/mol. The molecule has 0 spiro atoms. The lowest BCUT2D eigenvalue weighted by Crippen LogP contribution is -2.42. The largest absolute Gasteiger partial charge is 0.392 e. The van der Waals surface area contributed by atoms with E-state index in [-0.39, 0.29) is 23.5 Å². The van der Waals surface area contributed by atoms with Gasteiger partial charge >= 0.3 is 0 Å². The summed E-state index contributed by atoms with van der Waals surface area (Å²) in [7, 11) is 0. The highest BCUT2D eigenvalue weighted by atomic mass is 16.5. The molecule has 0 aromatic heterocycles. The van der Waals surface area contributed by atoms with Crippen LogP contribution < -0.4 is 0 Å². The first-order valence-electron chi connectivity index (χ1n) is 8.26. The van der Waals surface area contributed by atoms with E-state index < -0.39 is 6.10 Å². The lowest BCUT2D eigenvalue weighted by Gasteiger charge is -2.37. The number of carbonyl (C=O) groups is 1. The second kappa shape index (κ2) is 6.57. The van der Waals surface area contributed by atoms with Crippen molar-refractivity contribution in [3.05, 3.63) is 0 Å². The van der Waals surface area contributed by atoms with Gasteiger partial charge in [-0.05, 0) is 46.5 Å². The van der Waals surface area contributed by atoms with Crippen LogP contribution in [0.4, 0.5) is 0 Å². The summed E-state index contributed by atoms with van der Waals surface area (Å²) in [6.07, 6.45) is 7.57. The van der Waals surface area contributed by atoms with Crippen molar-refractivity contribution >= 4 is 5.78 Å². The molecule has 0 aromatic carbocycles. The minimum Gasteiger partial charge on any atom is -0.392 e. The fraction of sp³-hybridized carbons (Fsp3) is 0.941. The van der Waals surface area contributed by atoms with Gasteiger partial charge in [0.2, 0.25) is 0 Å². The molecule has 3 atom stereocenters. The number of ketones is 1. The van der Waals surface area contributed by atoms with Crippen LogP contribution in [0.25, 0.3) is 0 Å². The predicted octanol–water partition coefficient (Wildman–Crippen LogP) is 3.48. The molecule has 3 nitrogen and oxygen atoms in total. The van der Waals surface area contributed by atoms with Crippen molar-refractivity contribution < 1.29 is 14.6 Å². The van der Waals surface area contributed by atoms with Crippen LogP contribution in [-0.2, 0) is 9.53 Å². The van der Waals surface area contributed by atoms with Crippen LogP contribution in [0.15, 0.2) is 0 Å². The van der Waals surface area contributed by atoms with E-state index in [1.165, 1.54) is 19.3 Å². The predicted molar refractivity (Wildman–Crippen MR) is 79.6 cm³/mol. The molecule has 2 fully saturated rings. The molecule has 20 heavy (non-hydrogen) atoms. The Bertz CT molecular complexity index is 326. The molecular formula is C17H30O3. The number of aliphatic hydroxyl groups excluding tert-OH is 1. The van der Waals surface area contributed by atoms with Gasteiger partial charge in [0.25, 0.3) is 0 Å². The zero-order valence-electron chi connectivity index (χ0n) is 13.2. The van der Waals surface area contributed by atoms with Gasteiger partial charge in [-0.15, -0.1) is 0 Å². The number of carbonyl (C=O) groups excluding carboxylic acids is 1. The molecule has 0 saturated heterocycles. The van der Waals surface area contributed by atoms with Crippen LogP contribution in [0.2, 0.25) is 0 Å². The van der Waals surface area contributed by atoms with Gasteiger partial charge in [-0.25, -0.2) is 0 Å². The number of hydrogen-bond acceptors (Lipinski definition) is 3. The Hall–Kier alpha value is -0.410. The molecule has 0 heterocycles. The second-order valence-corrected chi connectivity index (χ2v) is 7.58. The Morgan fingerprint density at radius 3 is 2.25 bits per heavy atom. The van der Waals surface area contributed by atoms with Crippen LogP contribution in [0.1, 0.15) is 72.1 Å². The fourth-order valence-electron chi connectivity index (χ4n) is 3.74. The molecule has 0 bridgehead atoms. The molecule has 0 amide bonds. The number of hydrogen-bond donors (Lipinski definition) is 1. The van der Waals surface area contributed by atoms with E-state index in [0.29, 0.717) is 12.2 Å². The summed E-state index contributed by atoms with van der Waals surface area (Å²) >= 11 is 0. The van der Waals surface area contributed by atoms with Gasteiger partial charge in [-0.3, -0.25) is 4.79 Å². The van der Waals surface area contributed by atoms with Crippen molar-refractivity contribution in [1.82, 2.24) is 0 Å². The lowest BCUT2D eigenvalue weighted by molar-refractivity contribution is -0.140. The smallest absolute Gasteiger partial charge is 0.141 e. The molecule has 3 heteroatoms. The molecule has 2 aliphatic rings. The lowest BCUT2D eigenvalue weighted by atomic mass is 9.74. The molecule has 0 aromatic rings. The van der Waals surface area contributed by atoms with E-state index in [1.807, 2.05) is 20.8 Å². The van der Waals surface area contributed by atoms with Crippen molar-refractivity contribution in [2.45, 2.75) is 89.9 Å². The third kappa shape index (κ3) is 4.29. The highest BCUT2D eigenvalue weighted by molar-refractivity contribution is 5.84. The van der Waals surface area contributed by atoms with Crippen LogP contribution >= 0.6 is 0 Å². The summed E-state index contributed by atoms with van der Waals surface area (Å²) in [5.41, 5.74) is -0.176. The van der Waals surface area contributed by atoms with Crippen molar-refractivity contribution in [3.8, 4) is 0 Å². The highest BCUT2D eigenvalue weighted by Gasteiger charge is 2.38. The van der Waals surface area contributed by atoms with Crippen LogP contribution in [0.5, 0.6) is 0 Å². The highest BCUT2D eigenvalue weighted by Crippen LogP contribution is 2.34. The fourth-order valence-corrected chi connectivity index (χ4v) is 3.74.